The molecule has 5 heteroatoms. The molecule has 1 aromatic rings. The number of benzene rings is 1. The molecular weight excluding hydrogens is 218 g/mol. The topological polar surface area (TPSA) is 73.7 Å². The van der Waals surface area contributed by atoms with E-state index in [-0.39, 0.29) is 17.8 Å². The molecule has 0 bridgehead atoms. The van der Waals surface area contributed by atoms with Crippen molar-refractivity contribution in [3.63, 3.8) is 0 Å². The number of hydrogen-bond acceptors (Lipinski definition) is 3. The fourth-order valence-corrected chi connectivity index (χ4v) is 1.20. The van der Waals surface area contributed by atoms with Gasteiger partial charge in [0.1, 0.15) is 5.75 Å². The number of phenols is 1. The van der Waals surface area contributed by atoms with Crippen molar-refractivity contribution < 1.29 is 9.90 Å². The van der Waals surface area contributed by atoms with E-state index in [1.807, 2.05) is 13.8 Å². The lowest BCUT2D eigenvalue weighted by Crippen LogP contribution is -2.37. The number of rotatable bonds is 3. The highest BCUT2D eigenvalue weighted by molar-refractivity contribution is 5.99. The number of urea groups is 1. The second-order valence-electron chi connectivity index (χ2n) is 3.98. The summed E-state index contributed by atoms with van der Waals surface area (Å²) in [6, 6.07) is 6.34. The van der Waals surface area contributed by atoms with Crippen molar-refractivity contribution in [1.82, 2.24) is 10.7 Å². The molecule has 5 nitrogen and oxygen atoms in total. The number of nitrogens with one attached hydrogen (secondary N) is 2. The second kappa shape index (κ2) is 5.89. The SMILES string of the molecule is C/C(=N\NC(=O)NC(C)C)c1ccc(O)cc1. The summed E-state index contributed by atoms with van der Waals surface area (Å²) in [6.07, 6.45) is 0. The van der Waals surface area contributed by atoms with E-state index in [2.05, 4.69) is 15.8 Å². The number of hydrogen-bond donors (Lipinski definition) is 3. The normalized spacial score (nSPS) is 11.4. The van der Waals surface area contributed by atoms with Gasteiger partial charge in [-0.2, -0.15) is 5.10 Å². The lowest BCUT2D eigenvalue weighted by atomic mass is 10.1. The largest absolute Gasteiger partial charge is 0.508 e. The van der Waals surface area contributed by atoms with Gasteiger partial charge in [-0.05, 0) is 50.6 Å². The Morgan fingerprint density at radius 1 is 1.29 bits per heavy atom. The summed E-state index contributed by atoms with van der Waals surface area (Å²) >= 11 is 0. The standard InChI is InChI=1S/C12H17N3O2/c1-8(2)13-12(17)15-14-9(3)10-4-6-11(16)7-5-10/h4-8,16H,1-3H3,(H2,13,15,17)/b14-9+. The monoisotopic (exact) mass is 235 g/mol. The molecular formula is C12H17N3O2. The van der Waals surface area contributed by atoms with Gasteiger partial charge < -0.3 is 10.4 Å². The van der Waals surface area contributed by atoms with Crippen molar-refractivity contribution in [3.8, 4) is 5.75 Å². The van der Waals surface area contributed by atoms with Crippen LogP contribution in [0.4, 0.5) is 4.79 Å². The van der Waals surface area contributed by atoms with Crippen molar-refractivity contribution in [2.75, 3.05) is 0 Å². The molecule has 0 atom stereocenters. The highest BCUT2D eigenvalue weighted by atomic mass is 16.3. The molecule has 0 aliphatic carbocycles. The van der Waals surface area contributed by atoms with Gasteiger partial charge in [0.05, 0.1) is 5.71 Å². The zero-order valence-corrected chi connectivity index (χ0v) is 10.2. The third-order valence-corrected chi connectivity index (χ3v) is 2.03. The molecule has 1 aromatic carbocycles. The predicted octanol–water partition coefficient (Wildman–Crippen LogP) is 1.82. The molecule has 0 fully saturated rings. The predicted molar refractivity (Wildman–Crippen MR) is 67.1 cm³/mol. The van der Waals surface area contributed by atoms with Crippen LogP contribution in [0.1, 0.15) is 26.3 Å². The summed E-state index contributed by atoms with van der Waals surface area (Å²) in [7, 11) is 0. The molecule has 92 valence electrons. The number of carbonyl (C=O) groups excluding carboxylic acids is 1. The Morgan fingerprint density at radius 3 is 2.41 bits per heavy atom. The highest BCUT2D eigenvalue weighted by Crippen LogP contribution is 2.10. The van der Waals surface area contributed by atoms with Crippen LogP contribution < -0.4 is 10.7 Å². The van der Waals surface area contributed by atoms with Gasteiger partial charge in [-0.1, -0.05) is 0 Å². The Balaban J connectivity index is 2.60. The number of carbonyl (C=O) groups is 1. The number of nitrogens with zero attached hydrogens (tertiary/aromatic N) is 1. The minimum Gasteiger partial charge on any atom is -0.508 e. The quantitative estimate of drug-likeness (QED) is 0.552. The van der Waals surface area contributed by atoms with Gasteiger partial charge in [-0.15, -0.1) is 0 Å². The first kappa shape index (κ1) is 13.0. The Hall–Kier alpha value is -2.04. The molecule has 0 spiro atoms. The zero-order chi connectivity index (χ0) is 12.8. The molecule has 0 aliphatic heterocycles. The Bertz CT molecular complexity index is 410. The Labute approximate surface area is 101 Å². The minimum absolute atomic E-state index is 0.0687. The van der Waals surface area contributed by atoms with Gasteiger partial charge in [0.2, 0.25) is 0 Å². The third kappa shape index (κ3) is 4.55. The molecule has 2 amide bonds. The minimum atomic E-state index is -0.335. The first-order chi connectivity index (χ1) is 7.99. The molecule has 0 aliphatic rings. The van der Waals surface area contributed by atoms with Gasteiger partial charge in [0, 0.05) is 6.04 Å². The van der Waals surface area contributed by atoms with Crippen LogP contribution >= 0.6 is 0 Å². The molecule has 1 rings (SSSR count). The van der Waals surface area contributed by atoms with E-state index in [9.17, 15) is 4.79 Å². The molecule has 0 saturated carbocycles. The van der Waals surface area contributed by atoms with E-state index >= 15 is 0 Å². The van der Waals surface area contributed by atoms with Crippen LogP contribution in [-0.4, -0.2) is 22.9 Å². The van der Waals surface area contributed by atoms with Crippen molar-refractivity contribution in [1.29, 1.82) is 0 Å². The van der Waals surface area contributed by atoms with E-state index in [4.69, 9.17) is 5.11 Å². The Morgan fingerprint density at radius 2 is 1.88 bits per heavy atom. The maximum atomic E-state index is 11.3. The fourth-order valence-electron chi connectivity index (χ4n) is 1.20. The molecule has 3 N–H and O–H groups in total. The maximum absolute atomic E-state index is 11.3. The van der Waals surface area contributed by atoms with E-state index in [1.54, 1.807) is 31.2 Å². The van der Waals surface area contributed by atoms with Crippen LogP contribution in [0, 0.1) is 0 Å². The highest BCUT2D eigenvalue weighted by Gasteiger charge is 2.01. The number of aromatic hydroxyl groups is 1. The van der Waals surface area contributed by atoms with Crippen LogP contribution in [0.25, 0.3) is 0 Å². The third-order valence-electron chi connectivity index (χ3n) is 2.03. The van der Waals surface area contributed by atoms with Crippen LogP contribution in [0.5, 0.6) is 5.75 Å². The molecule has 0 heterocycles. The summed E-state index contributed by atoms with van der Waals surface area (Å²) in [6.45, 7) is 5.52. The zero-order valence-electron chi connectivity index (χ0n) is 10.2. The van der Waals surface area contributed by atoms with Gasteiger partial charge in [-0.3, -0.25) is 0 Å². The molecule has 0 radical (unpaired) electrons. The molecule has 0 unspecified atom stereocenters. The summed E-state index contributed by atoms with van der Waals surface area (Å²) < 4.78 is 0. The molecule has 0 saturated heterocycles. The van der Waals surface area contributed by atoms with Gasteiger partial charge in [0.15, 0.2) is 0 Å². The second-order valence-corrected chi connectivity index (χ2v) is 3.98. The summed E-state index contributed by atoms with van der Waals surface area (Å²) in [5.41, 5.74) is 3.91. The average Bonchev–Trinajstić information content (AvgIpc) is 2.26. The van der Waals surface area contributed by atoms with E-state index in [1.165, 1.54) is 0 Å². The molecule has 0 aromatic heterocycles. The Kier molecular flexibility index (Phi) is 4.51. The van der Waals surface area contributed by atoms with Gasteiger partial charge in [0.25, 0.3) is 0 Å². The lowest BCUT2D eigenvalue weighted by Gasteiger charge is -2.07. The van der Waals surface area contributed by atoms with Crippen LogP contribution in [-0.2, 0) is 0 Å². The maximum Gasteiger partial charge on any atom is 0.335 e. The van der Waals surface area contributed by atoms with E-state index in [0.29, 0.717) is 5.71 Å². The fraction of sp³-hybridized carbons (Fsp3) is 0.333. The van der Waals surface area contributed by atoms with E-state index in [0.717, 1.165) is 5.56 Å². The summed E-state index contributed by atoms with van der Waals surface area (Å²) in [4.78, 5) is 11.3. The van der Waals surface area contributed by atoms with Crippen LogP contribution in [0.3, 0.4) is 0 Å². The van der Waals surface area contributed by atoms with Gasteiger partial charge in [-0.25, -0.2) is 10.2 Å². The molecule has 17 heavy (non-hydrogen) atoms. The number of amides is 2. The average molecular weight is 235 g/mol. The van der Waals surface area contributed by atoms with Gasteiger partial charge >= 0.3 is 6.03 Å². The van der Waals surface area contributed by atoms with Crippen molar-refractivity contribution in [3.05, 3.63) is 29.8 Å². The number of phenolic OH excluding ortho intramolecular Hbond substituents is 1. The van der Waals surface area contributed by atoms with Crippen LogP contribution in [0.15, 0.2) is 29.4 Å². The van der Waals surface area contributed by atoms with Crippen molar-refractivity contribution in [2.24, 2.45) is 5.10 Å². The first-order valence-electron chi connectivity index (χ1n) is 5.39. The summed E-state index contributed by atoms with van der Waals surface area (Å²) in [5.74, 6) is 0.201. The van der Waals surface area contributed by atoms with Crippen molar-refractivity contribution >= 4 is 11.7 Å². The van der Waals surface area contributed by atoms with Crippen molar-refractivity contribution in [2.45, 2.75) is 26.8 Å². The smallest absolute Gasteiger partial charge is 0.335 e. The first-order valence-corrected chi connectivity index (χ1v) is 5.39. The van der Waals surface area contributed by atoms with E-state index < -0.39 is 0 Å². The lowest BCUT2D eigenvalue weighted by molar-refractivity contribution is 0.239. The summed E-state index contributed by atoms with van der Waals surface area (Å²) in [5, 5.41) is 15.7. The number of hydrazone groups is 1. The van der Waals surface area contributed by atoms with Crippen LogP contribution in [0.2, 0.25) is 0 Å².